The largest absolute Gasteiger partial charge is 0.508 e. The number of benzene rings is 4. The first kappa shape index (κ1) is 26.1. The van der Waals surface area contributed by atoms with Crippen LogP contribution in [0.15, 0.2) is 117 Å². The summed E-state index contributed by atoms with van der Waals surface area (Å²) in [5.41, 5.74) is 0. The number of sulfone groups is 2. The lowest BCUT2D eigenvalue weighted by molar-refractivity contribution is 0.241. The van der Waals surface area contributed by atoms with E-state index in [1.54, 1.807) is 36.4 Å². The minimum absolute atomic E-state index is 0.00746. The molecule has 37 heavy (non-hydrogen) atoms. The maximum absolute atomic E-state index is 13.0. The third-order valence-corrected chi connectivity index (χ3v) is 8.99. The molecule has 0 saturated heterocycles. The Hall–Kier alpha value is -4.02. The first-order valence-electron chi connectivity index (χ1n) is 11.2. The number of hydrogen-bond donors (Lipinski definition) is 2. The molecule has 4 aromatic carbocycles. The Morgan fingerprint density at radius 1 is 0.514 bits per heavy atom. The fourth-order valence-electron chi connectivity index (χ4n) is 3.51. The predicted molar refractivity (Wildman–Crippen MR) is 136 cm³/mol. The van der Waals surface area contributed by atoms with Crippen molar-refractivity contribution in [3.8, 4) is 23.0 Å². The summed E-state index contributed by atoms with van der Waals surface area (Å²) in [4.78, 5) is 0.0335. The first-order valence-corrected chi connectivity index (χ1v) is 14.2. The van der Waals surface area contributed by atoms with Crippen molar-refractivity contribution in [1.82, 2.24) is 0 Å². The highest BCUT2D eigenvalue weighted by Gasteiger charge is 2.23. The second-order valence-electron chi connectivity index (χ2n) is 7.94. The summed E-state index contributed by atoms with van der Waals surface area (Å²) >= 11 is 0. The molecule has 0 heterocycles. The minimum atomic E-state index is -3.87. The van der Waals surface area contributed by atoms with Gasteiger partial charge in [-0.25, -0.2) is 16.8 Å². The van der Waals surface area contributed by atoms with Gasteiger partial charge < -0.3 is 19.7 Å². The molecular formula is C27H24O8S2. The lowest BCUT2D eigenvalue weighted by Crippen LogP contribution is -2.10. The molecular weight excluding hydrogens is 516 g/mol. The SMILES string of the molecule is O=S(=O)(c1ccc(O)cc1)c1ccccc1OCCCOc1ccccc1S(=O)(=O)c1ccc(O)cc1. The lowest BCUT2D eigenvalue weighted by atomic mass is 10.3. The third-order valence-electron chi connectivity index (χ3n) is 5.38. The van der Waals surface area contributed by atoms with Gasteiger partial charge in [0.1, 0.15) is 32.8 Å². The van der Waals surface area contributed by atoms with Crippen LogP contribution < -0.4 is 9.47 Å². The Balaban J connectivity index is 1.41. The van der Waals surface area contributed by atoms with Crippen LogP contribution in [0.4, 0.5) is 0 Å². The molecule has 8 nitrogen and oxygen atoms in total. The van der Waals surface area contributed by atoms with Crippen molar-refractivity contribution in [2.45, 2.75) is 26.0 Å². The van der Waals surface area contributed by atoms with E-state index in [0.29, 0.717) is 6.42 Å². The third kappa shape index (κ3) is 5.87. The van der Waals surface area contributed by atoms with Gasteiger partial charge in [0.15, 0.2) is 0 Å². The molecule has 0 aliphatic carbocycles. The van der Waals surface area contributed by atoms with Crippen LogP contribution in [0.2, 0.25) is 0 Å². The molecule has 0 aliphatic rings. The maximum atomic E-state index is 13.0. The van der Waals surface area contributed by atoms with E-state index in [1.807, 2.05) is 0 Å². The molecule has 0 bridgehead atoms. The van der Waals surface area contributed by atoms with Crippen LogP contribution in [-0.4, -0.2) is 40.3 Å². The van der Waals surface area contributed by atoms with Gasteiger partial charge in [-0.05, 0) is 72.8 Å². The van der Waals surface area contributed by atoms with Crippen LogP contribution in [0.5, 0.6) is 23.0 Å². The average molecular weight is 541 g/mol. The lowest BCUT2D eigenvalue weighted by Gasteiger charge is -2.14. The molecule has 0 spiro atoms. The Morgan fingerprint density at radius 2 is 0.865 bits per heavy atom. The van der Waals surface area contributed by atoms with Crippen molar-refractivity contribution in [1.29, 1.82) is 0 Å². The van der Waals surface area contributed by atoms with Gasteiger partial charge in [-0.1, -0.05) is 24.3 Å². The number of aromatic hydroxyl groups is 2. The molecule has 0 unspecified atom stereocenters. The Bertz CT molecular complexity index is 1460. The van der Waals surface area contributed by atoms with Crippen LogP contribution in [0.25, 0.3) is 0 Å². The molecule has 4 rings (SSSR count). The second-order valence-corrected chi connectivity index (χ2v) is 11.8. The summed E-state index contributed by atoms with van der Waals surface area (Å²) in [6.07, 6.45) is 0.348. The van der Waals surface area contributed by atoms with Crippen molar-refractivity contribution < 1.29 is 36.5 Å². The molecule has 0 fully saturated rings. The number of ether oxygens (including phenoxy) is 2. The average Bonchev–Trinajstić information content (AvgIpc) is 2.89. The van der Waals surface area contributed by atoms with Gasteiger partial charge in [-0.15, -0.1) is 0 Å². The molecule has 4 aromatic rings. The maximum Gasteiger partial charge on any atom is 0.210 e. The quantitative estimate of drug-likeness (QED) is 0.279. The van der Waals surface area contributed by atoms with Gasteiger partial charge in [0, 0.05) is 6.42 Å². The van der Waals surface area contributed by atoms with Gasteiger partial charge >= 0.3 is 0 Å². The van der Waals surface area contributed by atoms with Gasteiger partial charge in [0.2, 0.25) is 19.7 Å². The molecule has 0 atom stereocenters. The monoisotopic (exact) mass is 540 g/mol. The number of phenols is 2. The summed E-state index contributed by atoms with van der Waals surface area (Å²) in [6, 6.07) is 23.0. The summed E-state index contributed by atoms with van der Waals surface area (Å²) in [7, 11) is -7.75. The van der Waals surface area contributed by atoms with Crippen molar-refractivity contribution in [3.63, 3.8) is 0 Å². The van der Waals surface area contributed by atoms with E-state index >= 15 is 0 Å². The van der Waals surface area contributed by atoms with E-state index in [2.05, 4.69) is 0 Å². The summed E-state index contributed by atoms with van der Waals surface area (Å²) in [5.74, 6) is 0.263. The number of para-hydroxylation sites is 2. The smallest absolute Gasteiger partial charge is 0.210 e. The van der Waals surface area contributed by atoms with E-state index < -0.39 is 19.7 Å². The fourth-order valence-corrected chi connectivity index (χ4v) is 6.31. The van der Waals surface area contributed by atoms with E-state index in [4.69, 9.17) is 9.47 Å². The van der Waals surface area contributed by atoms with E-state index in [-0.39, 0.29) is 55.8 Å². The molecule has 0 saturated carbocycles. The zero-order chi connectivity index (χ0) is 26.5. The zero-order valence-corrected chi connectivity index (χ0v) is 21.2. The number of hydrogen-bond acceptors (Lipinski definition) is 8. The van der Waals surface area contributed by atoms with Crippen molar-refractivity contribution in [2.24, 2.45) is 0 Å². The summed E-state index contributed by atoms with van der Waals surface area (Å²) in [5, 5.41) is 18.9. The van der Waals surface area contributed by atoms with Crippen molar-refractivity contribution in [3.05, 3.63) is 97.1 Å². The van der Waals surface area contributed by atoms with E-state index in [9.17, 15) is 27.0 Å². The van der Waals surface area contributed by atoms with E-state index in [0.717, 1.165) is 0 Å². The zero-order valence-electron chi connectivity index (χ0n) is 19.5. The highest BCUT2D eigenvalue weighted by Crippen LogP contribution is 2.31. The van der Waals surface area contributed by atoms with Crippen LogP contribution >= 0.6 is 0 Å². The molecule has 10 heteroatoms. The molecule has 0 aromatic heterocycles. The van der Waals surface area contributed by atoms with Crippen molar-refractivity contribution >= 4 is 19.7 Å². The summed E-state index contributed by atoms with van der Waals surface area (Å²) in [6.45, 7) is 0.240. The topological polar surface area (TPSA) is 127 Å². The number of rotatable bonds is 10. The first-order chi connectivity index (χ1) is 17.7. The molecule has 192 valence electrons. The van der Waals surface area contributed by atoms with E-state index in [1.165, 1.54) is 60.7 Å². The molecule has 0 amide bonds. The molecule has 0 aliphatic heterocycles. The Labute approximate surface area is 215 Å². The fraction of sp³-hybridized carbons (Fsp3) is 0.111. The normalized spacial score (nSPS) is 11.7. The van der Waals surface area contributed by atoms with Gasteiger partial charge in [0.25, 0.3) is 0 Å². The predicted octanol–water partition coefficient (Wildman–Crippen LogP) is 4.61. The van der Waals surface area contributed by atoms with Crippen LogP contribution in [0.3, 0.4) is 0 Å². The molecule has 2 N–H and O–H groups in total. The second kappa shape index (κ2) is 10.9. The van der Waals surface area contributed by atoms with Crippen LogP contribution in [0.1, 0.15) is 6.42 Å². The van der Waals surface area contributed by atoms with Crippen LogP contribution in [0, 0.1) is 0 Å². The highest BCUT2D eigenvalue weighted by atomic mass is 32.2. The minimum Gasteiger partial charge on any atom is -0.508 e. The van der Waals surface area contributed by atoms with Crippen LogP contribution in [-0.2, 0) is 19.7 Å². The standard InChI is InChI=1S/C27H24O8S2/c28-20-10-14-22(15-11-20)36(30,31)26-8-3-1-6-24(26)34-18-5-19-35-25-7-2-4-9-27(25)37(32,33)23-16-12-21(29)13-17-23/h1-4,6-17,28-29H,5,18-19H2. The van der Waals surface area contributed by atoms with Crippen molar-refractivity contribution in [2.75, 3.05) is 13.2 Å². The molecule has 0 radical (unpaired) electrons. The summed E-state index contributed by atoms with van der Waals surface area (Å²) < 4.78 is 63.7. The Kier molecular flexibility index (Phi) is 7.70. The number of phenolic OH excluding ortho intramolecular Hbond substituents is 2. The van der Waals surface area contributed by atoms with Gasteiger partial charge in [-0.2, -0.15) is 0 Å². The highest BCUT2D eigenvalue weighted by molar-refractivity contribution is 7.92. The van der Waals surface area contributed by atoms with Gasteiger partial charge in [0.05, 0.1) is 23.0 Å². The van der Waals surface area contributed by atoms with Gasteiger partial charge in [-0.3, -0.25) is 0 Å². The Morgan fingerprint density at radius 3 is 1.24 bits per heavy atom.